The molecule has 86 valence electrons. The van der Waals surface area contributed by atoms with E-state index in [1.165, 1.54) is 16.7 Å². The molecule has 0 aromatic rings. The van der Waals surface area contributed by atoms with Gasteiger partial charge in [-0.3, -0.25) is 0 Å². The summed E-state index contributed by atoms with van der Waals surface area (Å²) in [7, 11) is 0. The first-order valence-corrected chi connectivity index (χ1v) is 5.77. The fourth-order valence-electron chi connectivity index (χ4n) is 1.09. The standard InChI is InChI=1S/C14H25N/c1-6-7-8-14(13(5)10-15)9-12(4)11(2)3/h7-9,11H,6,10,15H2,1-5H3/b8-7-,12-9+,14-13+. The third-order valence-corrected chi connectivity index (χ3v) is 2.63. The molecule has 0 aromatic heterocycles. The van der Waals surface area contributed by atoms with Crippen molar-refractivity contribution in [1.82, 2.24) is 0 Å². The fraction of sp³-hybridized carbons (Fsp3) is 0.571. The summed E-state index contributed by atoms with van der Waals surface area (Å²) in [6.07, 6.45) is 7.67. The van der Waals surface area contributed by atoms with E-state index in [1.54, 1.807) is 0 Å². The molecule has 0 radical (unpaired) electrons. The first kappa shape index (κ1) is 14.2. The molecule has 0 aromatic carbocycles. The molecule has 1 nitrogen and oxygen atoms in total. The number of hydrogen-bond donors (Lipinski definition) is 1. The van der Waals surface area contributed by atoms with Crippen LogP contribution in [0.15, 0.2) is 34.9 Å². The van der Waals surface area contributed by atoms with Gasteiger partial charge in [-0.2, -0.15) is 0 Å². The van der Waals surface area contributed by atoms with Gasteiger partial charge in [-0.05, 0) is 31.8 Å². The maximum Gasteiger partial charge on any atom is 0.0143 e. The first-order chi connectivity index (χ1) is 7.02. The zero-order valence-electron chi connectivity index (χ0n) is 10.8. The van der Waals surface area contributed by atoms with Crippen LogP contribution in [0.25, 0.3) is 0 Å². The van der Waals surface area contributed by atoms with Crippen molar-refractivity contribution in [2.24, 2.45) is 11.7 Å². The van der Waals surface area contributed by atoms with Crippen LogP contribution in [-0.2, 0) is 0 Å². The lowest BCUT2D eigenvalue weighted by Crippen LogP contribution is -2.02. The van der Waals surface area contributed by atoms with E-state index in [2.05, 4.69) is 52.8 Å². The maximum atomic E-state index is 5.68. The van der Waals surface area contributed by atoms with Crippen molar-refractivity contribution in [3.63, 3.8) is 0 Å². The highest BCUT2D eigenvalue weighted by Crippen LogP contribution is 2.15. The Morgan fingerprint density at radius 1 is 1.27 bits per heavy atom. The van der Waals surface area contributed by atoms with Gasteiger partial charge in [0.05, 0.1) is 0 Å². The molecule has 0 rings (SSSR count). The van der Waals surface area contributed by atoms with E-state index in [0.717, 1.165) is 6.42 Å². The summed E-state index contributed by atoms with van der Waals surface area (Å²) in [6.45, 7) is 11.5. The summed E-state index contributed by atoms with van der Waals surface area (Å²) >= 11 is 0. The quantitative estimate of drug-likeness (QED) is 0.681. The Balaban J connectivity index is 4.98. The van der Waals surface area contributed by atoms with E-state index in [-0.39, 0.29) is 0 Å². The van der Waals surface area contributed by atoms with Gasteiger partial charge >= 0.3 is 0 Å². The van der Waals surface area contributed by atoms with Crippen LogP contribution in [-0.4, -0.2) is 6.54 Å². The van der Waals surface area contributed by atoms with Crippen LogP contribution in [0.2, 0.25) is 0 Å². The lowest BCUT2D eigenvalue weighted by molar-refractivity contribution is 0.768. The van der Waals surface area contributed by atoms with Crippen LogP contribution >= 0.6 is 0 Å². The molecule has 2 N–H and O–H groups in total. The van der Waals surface area contributed by atoms with E-state index in [9.17, 15) is 0 Å². The molecule has 0 saturated carbocycles. The van der Waals surface area contributed by atoms with E-state index >= 15 is 0 Å². The summed E-state index contributed by atoms with van der Waals surface area (Å²) < 4.78 is 0. The third kappa shape index (κ3) is 5.58. The molecular formula is C14H25N. The van der Waals surface area contributed by atoms with E-state index in [4.69, 9.17) is 5.73 Å². The van der Waals surface area contributed by atoms with Gasteiger partial charge in [0.2, 0.25) is 0 Å². The van der Waals surface area contributed by atoms with Gasteiger partial charge in [-0.15, -0.1) is 0 Å². The van der Waals surface area contributed by atoms with Gasteiger partial charge in [0, 0.05) is 6.54 Å². The van der Waals surface area contributed by atoms with E-state index < -0.39 is 0 Å². The second-order valence-corrected chi connectivity index (χ2v) is 4.29. The summed E-state index contributed by atoms with van der Waals surface area (Å²) in [4.78, 5) is 0. The highest BCUT2D eigenvalue weighted by Gasteiger charge is 1.99. The zero-order chi connectivity index (χ0) is 11.8. The fourth-order valence-corrected chi connectivity index (χ4v) is 1.09. The molecule has 0 atom stereocenters. The van der Waals surface area contributed by atoms with Crippen molar-refractivity contribution in [3.8, 4) is 0 Å². The van der Waals surface area contributed by atoms with Gasteiger partial charge in [-0.1, -0.05) is 50.1 Å². The second-order valence-electron chi connectivity index (χ2n) is 4.29. The van der Waals surface area contributed by atoms with Crippen LogP contribution < -0.4 is 5.73 Å². The predicted molar refractivity (Wildman–Crippen MR) is 69.8 cm³/mol. The lowest BCUT2D eigenvalue weighted by atomic mass is 9.99. The van der Waals surface area contributed by atoms with Crippen molar-refractivity contribution in [1.29, 1.82) is 0 Å². The molecule has 0 spiro atoms. The van der Waals surface area contributed by atoms with E-state index in [1.807, 2.05) is 0 Å². The smallest absolute Gasteiger partial charge is 0.0143 e. The number of nitrogens with two attached hydrogens (primary N) is 1. The zero-order valence-corrected chi connectivity index (χ0v) is 10.8. The normalized spacial score (nSPS) is 15.0. The van der Waals surface area contributed by atoms with Crippen molar-refractivity contribution >= 4 is 0 Å². The predicted octanol–water partition coefficient (Wildman–Crippen LogP) is 3.83. The molecule has 0 fully saturated rings. The van der Waals surface area contributed by atoms with Crippen molar-refractivity contribution in [2.75, 3.05) is 6.54 Å². The van der Waals surface area contributed by atoms with Crippen LogP contribution in [0.4, 0.5) is 0 Å². The Morgan fingerprint density at radius 2 is 1.87 bits per heavy atom. The maximum absolute atomic E-state index is 5.68. The molecule has 0 saturated heterocycles. The summed E-state index contributed by atoms with van der Waals surface area (Å²) in [5.41, 5.74) is 9.60. The molecule has 1 heteroatoms. The first-order valence-electron chi connectivity index (χ1n) is 5.77. The molecular weight excluding hydrogens is 182 g/mol. The molecule has 0 aliphatic heterocycles. The Morgan fingerprint density at radius 3 is 2.27 bits per heavy atom. The minimum Gasteiger partial charge on any atom is -0.327 e. The Hall–Kier alpha value is -0.820. The van der Waals surface area contributed by atoms with E-state index in [0.29, 0.717) is 12.5 Å². The largest absolute Gasteiger partial charge is 0.327 e. The van der Waals surface area contributed by atoms with Gasteiger partial charge < -0.3 is 5.73 Å². The number of rotatable bonds is 5. The number of allylic oxidation sites excluding steroid dienone is 5. The Bertz CT molecular complexity index is 267. The van der Waals surface area contributed by atoms with Crippen molar-refractivity contribution in [2.45, 2.75) is 41.0 Å². The minimum absolute atomic E-state index is 0.598. The SMILES string of the molecule is CC\C=C/C(/C=C(\C)C(C)C)=C(/C)CN. The van der Waals surface area contributed by atoms with Gasteiger partial charge in [-0.25, -0.2) is 0 Å². The monoisotopic (exact) mass is 207 g/mol. The topological polar surface area (TPSA) is 26.0 Å². The minimum atomic E-state index is 0.598. The molecule has 0 bridgehead atoms. The number of hydrogen-bond acceptors (Lipinski definition) is 1. The Labute approximate surface area is 94.8 Å². The molecule has 0 aliphatic carbocycles. The summed E-state index contributed by atoms with van der Waals surface area (Å²) in [5, 5.41) is 0. The molecule has 0 heterocycles. The van der Waals surface area contributed by atoms with Crippen molar-refractivity contribution < 1.29 is 0 Å². The Kier molecular flexibility index (Phi) is 7.06. The third-order valence-electron chi connectivity index (χ3n) is 2.63. The highest BCUT2D eigenvalue weighted by molar-refractivity contribution is 5.37. The summed E-state index contributed by atoms with van der Waals surface area (Å²) in [6, 6.07) is 0. The van der Waals surface area contributed by atoms with Gasteiger partial charge in [0.1, 0.15) is 0 Å². The average molecular weight is 207 g/mol. The van der Waals surface area contributed by atoms with Crippen LogP contribution in [0.5, 0.6) is 0 Å². The lowest BCUT2D eigenvalue weighted by Gasteiger charge is -2.08. The van der Waals surface area contributed by atoms with Crippen molar-refractivity contribution in [3.05, 3.63) is 34.9 Å². The molecule has 0 aliphatic rings. The average Bonchev–Trinajstić information content (AvgIpc) is 2.22. The van der Waals surface area contributed by atoms with Gasteiger partial charge in [0.25, 0.3) is 0 Å². The molecule has 0 unspecified atom stereocenters. The highest BCUT2D eigenvalue weighted by atomic mass is 14.5. The molecule has 15 heavy (non-hydrogen) atoms. The second kappa shape index (κ2) is 7.47. The molecule has 0 amide bonds. The van der Waals surface area contributed by atoms with Crippen LogP contribution in [0, 0.1) is 5.92 Å². The van der Waals surface area contributed by atoms with Gasteiger partial charge in [0.15, 0.2) is 0 Å². The van der Waals surface area contributed by atoms with Crippen LogP contribution in [0.3, 0.4) is 0 Å². The summed E-state index contributed by atoms with van der Waals surface area (Å²) in [5.74, 6) is 0.598. The van der Waals surface area contributed by atoms with Crippen LogP contribution in [0.1, 0.15) is 41.0 Å².